The average Bonchev–Trinajstić information content (AvgIpc) is 2.89. The molecule has 0 amide bonds. The number of hydrogen-bond acceptors (Lipinski definition) is 5. The maximum atomic E-state index is 12.1. The van der Waals surface area contributed by atoms with Crippen molar-refractivity contribution in [3.63, 3.8) is 0 Å². The zero-order chi connectivity index (χ0) is 12.5. The van der Waals surface area contributed by atoms with E-state index in [1.165, 1.54) is 24.3 Å². The first-order valence-electron chi connectivity index (χ1n) is 5.25. The number of furan rings is 1. The molecule has 3 aromatic heterocycles. The lowest BCUT2D eigenvalue weighted by molar-refractivity contribution is 0.397. The van der Waals surface area contributed by atoms with E-state index in [0.717, 1.165) is 0 Å². The van der Waals surface area contributed by atoms with Gasteiger partial charge in [-0.25, -0.2) is 4.98 Å². The molecule has 0 aromatic carbocycles. The fraction of sp³-hybridized carbons (Fsp3) is 0.0833. The molecule has 0 radical (unpaired) electrons. The molecule has 0 bridgehead atoms. The predicted molar refractivity (Wildman–Crippen MR) is 64.0 cm³/mol. The van der Waals surface area contributed by atoms with Gasteiger partial charge in [0, 0.05) is 11.5 Å². The summed E-state index contributed by atoms with van der Waals surface area (Å²) in [7, 11) is 1.53. The van der Waals surface area contributed by atoms with Gasteiger partial charge in [0.2, 0.25) is 11.5 Å². The Morgan fingerprint density at radius 2 is 2.17 bits per heavy atom. The van der Waals surface area contributed by atoms with Gasteiger partial charge in [-0.15, -0.1) is 0 Å². The Bertz CT molecular complexity index is 743. The van der Waals surface area contributed by atoms with Crippen LogP contribution >= 0.6 is 0 Å². The number of fused-ring (bicyclic) bond motifs is 1. The Morgan fingerprint density at radius 3 is 2.89 bits per heavy atom. The Labute approximate surface area is 101 Å². The predicted octanol–water partition coefficient (Wildman–Crippen LogP) is 1.38. The van der Waals surface area contributed by atoms with Gasteiger partial charge in [0.25, 0.3) is 0 Å². The summed E-state index contributed by atoms with van der Waals surface area (Å²) in [5.74, 6) is 0.478. The van der Waals surface area contributed by atoms with Crippen molar-refractivity contribution in [1.29, 1.82) is 0 Å². The molecule has 6 heteroatoms. The molecular weight excluding hydrogens is 234 g/mol. The monoisotopic (exact) mass is 243 g/mol. The number of hydrogen-bond donors (Lipinski definition) is 0. The van der Waals surface area contributed by atoms with Crippen LogP contribution in [0.5, 0.6) is 5.88 Å². The Morgan fingerprint density at radius 1 is 1.28 bits per heavy atom. The Hall–Kier alpha value is -2.63. The van der Waals surface area contributed by atoms with Crippen LogP contribution in [0.2, 0.25) is 0 Å². The summed E-state index contributed by atoms with van der Waals surface area (Å²) >= 11 is 0. The first-order valence-corrected chi connectivity index (χ1v) is 5.25. The molecule has 0 saturated heterocycles. The van der Waals surface area contributed by atoms with Gasteiger partial charge < -0.3 is 9.15 Å². The summed E-state index contributed by atoms with van der Waals surface area (Å²) < 4.78 is 11.3. The van der Waals surface area contributed by atoms with E-state index >= 15 is 0 Å². The van der Waals surface area contributed by atoms with Crippen LogP contribution in [-0.4, -0.2) is 21.9 Å². The van der Waals surface area contributed by atoms with Gasteiger partial charge in [-0.2, -0.15) is 9.78 Å². The quantitative estimate of drug-likeness (QED) is 0.680. The zero-order valence-electron chi connectivity index (χ0n) is 9.53. The minimum Gasteiger partial charge on any atom is -0.481 e. The third-order valence-corrected chi connectivity index (χ3v) is 2.57. The van der Waals surface area contributed by atoms with Gasteiger partial charge in [0.1, 0.15) is 0 Å². The summed E-state index contributed by atoms with van der Waals surface area (Å²) in [6, 6.07) is 5.06. The highest BCUT2D eigenvalue weighted by atomic mass is 16.5. The van der Waals surface area contributed by atoms with Crippen LogP contribution in [-0.2, 0) is 0 Å². The van der Waals surface area contributed by atoms with E-state index in [9.17, 15) is 4.79 Å². The van der Waals surface area contributed by atoms with E-state index in [1.807, 2.05) is 0 Å². The molecule has 3 aromatic rings. The lowest BCUT2D eigenvalue weighted by atomic mass is 10.3. The first-order chi connectivity index (χ1) is 8.79. The molecule has 0 fully saturated rings. The third-order valence-electron chi connectivity index (χ3n) is 2.57. The molecule has 0 unspecified atom stereocenters. The van der Waals surface area contributed by atoms with Crippen molar-refractivity contribution >= 4 is 11.0 Å². The van der Waals surface area contributed by atoms with Crippen molar-refractivity contribution in [2.45, 2.75) is 0 Å². The fourth-order valence-corrected chi connectivity index (χ4v) is 1.67. The first kappa shape index (κ1) is 10.5. The lowest BCUT2D eigenvalue weighted by Gasteiger charge is -2.04. The molecule has 90 valence electrons. The number of aromatic nitrogens is 3. The largest absolute Gasteiger partial charge is 0.481 e. The van der Waals surface area contributed by atoms with Crippen molar-refractivity contribution in [1.82, 2.24) is 14.8 Å². The fourth-order valence-electron chi connectivity index (χ4n) is 1.67. The average molecular weight is 243 g/mol. The number of ether oxygens (including phenoxy) is 1. The van der Waals surface area contributed by atoms with Crippen LogP contribution in [0.4, 0.5) is 0 Å². The molecule has 3 heterocycles. The molecule has 18 heavy (non-hydrogen) atoms. The maximum Gasteiger partial charge on any atom is 0.315 e. The van der Waals surface area contributed by atoms with Gasteiger partial charge in [-0.05, 0) is 12.1 Å². The summed E-state index contributed by atoms with van der Waals surface area (Å²) in [6.45, 7) is 0. The Balaban J connectivity index is 2.18. The van der Waals surface area contributed by atoms with Crippen molar-refractivity contribution in [3.05, 3.63) is 47.2 Å². The number of methoxy groups -OCH3 is 1. The van der Waals surface area contributed by atoms with Crippen molar-refractivity contribution in [2.75, 3.05) is 7.11 Å². The minimum atomic E-state index is -0.315. The second-order valence-electron chi connectivity index (χ2n) is 3.63. The van der Waals surface area contributed by atoms with E-state index < -0.39 is 0 Å². The molecule has 0 atom stereocenters. The molecule has 0 spiro atoms. The highest BCUT2D eigenvalue weighted by Gasteiger charge is 2.08. The molecule has 0 aliphatic carbocycles. The van der Waals surface area contributed by atoms with E-state index in [2.05, 4.69) is 10.1 Å². The van der Waals surface area contributed by atoms with Crippen LogP contribution in [0.3, 0.4) is 0 Å². The van der Waals surface area contributed by atoms with E-state index in [0.29, 0.717) is 17.0 Å². The van der Waals surface area contributed by atoms with Gasteiger partial charge in [-0.3, -0.25) is 4.79 Å². The van der Waals surface area contributed by atoms with Crippen LogP contribution in [0, 0.1) is 0 Å². The maximum absolute atomic E-state index is 12.1. The molecule has 0 aliphatic heterocycles. The van der Waals surface area contributed by atoms with E-state index in [-0.39, 0.29) is 11.1 Å². The molecule has 0 saturated carbocycles. The summed E-state index contributed by atoms with van der Waals surface area (Å²) in [4.78, 5) is 16.1. The smallest absolute Gasteiger partial charge is 0.315 e. The minimum absolute atomic E-state index is 0.279. The van der Waals surface area contributed by atoms with Gasteiger partial charge >= 0.3 is 5.56 Å². The molecule has 0 N–H and O–H groups in total. The van der Waals surface area contributed by atoms with Crippen molar-refractivity contribution in [3.8, 4) is 11.6 Å². The van der Waals surface area contributed by atoms with Gasteiger partial charge in [0.05, 0.1) is 31.5 Å². The summed E-state index contributed by atoms with van der Waals surface area (Å²) in [5.41, 5.74) is 0.518. The lowest BCUT2D eigenvalue weighted by Crippen LogP contribution is -2.20. The standard InChI is InChI=1S/C12H9N3O3/c1-17-10-3-2-9(7-13-10)15-12(16)11-8(6-14-15)4-5-18-11/h2-7H,1H3. The molecule has 6 nitrogen and oxygen atoms in total. The highest BCUT2D eigenvalue weighted by Crippen LogP contribution is 2.12. The molecule has 0 aliphatic rings. The summed E-state index contributed by atoms with van der Waals surface area (Å²) in [6.07, 6.45) is 4.55. The topological polar surface area (TPSA) is 70.2 Å². The van der Waals surface area contributed by atoms with Crippen molar-refractivity contribution in [2.24, 2.45) is 0 Å². The summed E-state index contributed by atoms with van der Waals surface area (Å²) in [5, 5.41) is 4.75. The third kappa shape index (κ3) is 1.55. The van der Waals surface area contributed by atoms with Gasteiger partial charge in [-0.1, -0.05) is 0 Å². The molecular formula is C12H9N3O3. The zero-order valence-corrected chi connectivity index (χ0v) is 9.53. The highest BCUT2D eigenvalue weighted by molar-refractivity contribution is 5.74. The second kappa shape index (κ2) is 3.99. The van der Waals surface area contributed by atoms with Crippen LogP contribution in [0.15, 0.2) is 46.1 Å². The van der Waals surface area contributed by atoms with E-state index in [1.54, 1.807) is 24.4 Å². The Kier molecular flexibility index (Phi) is 2.33. The number of nitrogens with zero attached hydrogens (tertiary/aromatic N) is 3. The van der Waals surface area contributed by atoms with Crippen LogP contribution in [0.1, 0.15) is 0 Å². The SMILES string of the molecule is COc1ccc(-n2ncc3ccoc3c2=O)cn1. The second-order valence-corrected chi connectivity index (χ2v) is 3.63. The van der Waals surface area contributed by atoms with Crippen LogP contribution in [0.25, 0.3) is 16.7 Å². The van der Waals surface area contributed by atoms with Crippen molar-refractivity contribution < 1.29 is 9.15 Å². The van der Waals surface area contributed by atoms with Crippen LogP contribution < -0.4 is 10.3 Å². The molecule has 3 rings (SSSR count). The van der Waals surface area contributed by atoms with E-state index in [4.69, 9.17) is 9.15 Å². The van der Waals surface area contributed by atoms with Gasteiger partial charge in [0.15, 0.2) is 0 Å². The normalized spacial score (nSPS) is 10.7. The number of pyridine rings is 1. The number of rotatable bonds is 2.